The second-order valence-corrected chi connectivity index (χ2v) is 8.55. The molecule has 0 bridgehead atoms. The zero-order valence-corrected chi connectivity index (χ0v) is 16.0. The molecule has 0 aliphatic carbocycles. The molecule has 2 N–H and O–H groups in total. The molecule has 2 aromatic heterocycles. The number of nitrogens with one attached hydrogen (secondary N) is 1. The van der Waals surface area contributed by atoms with Crippen molar-refractivity contribution in [3.63, 3.8) is 0 Å². The number of anilines is 1. The number of hydrogen-bond donors (Lipinski definition) is 2. The molecule has 0 radical (unpaired) electrons. The average Bonchev–Trinajstić information content (AvgIpc) is 3.04. The van der Waals surface area contributed by atoms with Crippen LogP contribution in [0.15, 0.2) is 54.6 Å². The number of aromatic amines is 1. The summed E-state index contributed by atoms with van der Waals surface area (Å²) < 4.78 is 24.6. The van der Waals surface area contributed by atoms with Gasteiger partial charge in [0.1, 0.15) is 5.69 Å². The van der Waals surface area contributed by atoms with Crippen molar-refractivity contribution in [1.82, 2.24) is 9.97 Å². The van der Waals surface area contributed by atoms with Gasteiger partial charge in [0.15, 0.2) is 0 Å². The number of carboxylic acid groups (broad SMARTS) is 1. The van der Waals surface area contributed by atoms with Gasteiger partial charge in [-0.3, -0.25) is 4.31 Å². The molecule has 28 heavy (non-hydrogen) atoms. The molecule has 8 heteroatoms. The summed E-state index contributed by atoms with van der Waals surface area (Å²) in [6.07, 6.45) is 1.13. The van der Waals surface area contributed by atoms with Gasteiger partial charge >= 0.3 is 5.97 Å². The minimum atomic E-state index is -3.37. The molecule has 0 atom stereocenters. The van der Waals surface area contributed by atoms with Crippen LogP contribution in [0, 0.1) is 0 Å². The Kier molecular flexibility index (Phi) is 4.08. The molecule has 0 amide bonds. The monoisotopic (exact) mass is 395 g/mol. The van der Waals surface area contributed by atoms with E-state index in [9.17, 15) is 18.3 Å². The van der Waals surface area contributed by atoms with Crippen molar-refractivity contribution in [2.75, 3.05) is 17.6 Å². The number of sulfonamides is 1. The number of H-pyrrole nitrogens is 1. The van der Waals surface area contributed by atoms with Crippen molar-refractivity contribution in [2.24, 2.45) is 0 Å². The average molecular weight is 395 g/mol. The topological polar surface area (TPSA) is 103 Å². The third-order valence-electron chi connectivity index (χ3n) is 4.72. The Balaban J connectivity index is 1.94. The smallest absolute Gasteiger partial charge is 0.354 e. The number of carbonyl (C=O) groups is 1. The molecule has 0 saturated carbocycles. The summed E-state index contributed by atoms with van der Waals surface area (Å²) in [6, 6.07) is 16.0. The molecule has 2 aromatic carbocycles. The molecule has 0 spiro atoms. The summed E-state index contributed by atoms with van der Waals surface area (Å²) in [5, 5.41) is 11.2. The Morgan fingerprint density at radius 3 is 2.39 bits per heavy atom. The van der Waals surface area contributed by atoms with Crippen LogP contribution in [-0.4, -0.2) is 42.8 Å². The molecule has 4 aromatic rings. The standard InChI is InChI=1S/C20H17N3O4S/c1-23(28(2,26)27)13-9-7-12(8-10-13)18-19-15(11-17(22-18)20(24)25)14-5-3-4-6-16(14)21-19/h3-11,21H,1-2H3,(H,24,25). The molecule has 0 saturated heterocycles. The van der Waals surface area contributed by atoms with Crippen LogP contribution in [-0.2, 0) is 10.0 Å². The quantitative estimate of drug-likeness (QED) is 0.551. The van der Waals surface area contributed by atoms with Crippen LogP contribution in [0.4, 0.5) is 5.69 Å². The predicted molar refractivity (Wildman–Crippen MR) is 109 cm³/mol. The van der Waals surface area contributed by atoms with Gasteiger partial charge in [-0.2, -0.15) is 0 Å². The van der Waals surface area contributed by atoms with Crippen molar-refractivity contribution in [1.29, 1.82) is 0 Å². The van der Waals surface area contributed by atoms with Crippen LogP contribution in [0.1, 0.15) is 10.5 Å². The zero-order valence-electron chi connectivity index (χ0n) is 15.2. The van der Waals surface area contributed by atoms with E-state index in [1.165, 1.54) is 11.4 Å². The van der Waals surface area contributed by atoms with E-state index < -0.39 is 16.0 Å². The molecule has 0 aliphatic heterocycles. The third-order valence-corrected chi connectivity index (χ3v) is 5.92. The van der Waals surface area contributed by atoms with Gasteiger partial charge in [0.2, 0.25) is 10.0 Å². The number of carboxylic acids is 1. The summed E-state index contributed by atoms with van der Waals surface area (Å²) in [6.45, 7) is 0. The van der Waals surface area contributed by atoms with Crippen LogP contribution < -0.4 is 4.31 Å². The Labute approximate surface area is 161 Å². The van der Waals surface area contributed by atoms with E-state index in [0.717, 1.165) is 28.1 Å². The van der Waals surface area contributed by atoms with E-state index in [2.05, 4.69) is 9.97 Å². The second kappa shape index (κ2) is 6.35. The fourth-order valence-electron chi connectivity index (χ4n) is 3.18. The van der Waals surface area contributed by atoms with Gasteiger partial charge in [0.25, 0.3) is 0 Å². The Bertz CT molecular complexity index is 1330. The highest BCUT2D eigenvalue weighted by Gasteiger charge is 2.17. The number of fused-ring (bicyclic) bond motifs is 3. The number of nitrogens with zero attached hydrogens (tertiary/aromatic N) is 2. The maximum absolute atomic E-state index is 11.7. The largest absolute Gasteiger partial charge is 0.477 e. The first-order valence-corrected chi connectivity index (χ1v) is 10.3. The van der Waals surface area contributed by atoms with Crippen molar-refractivity contribution >= 4 is 43.5 Å². The van der Waals surface area contributed by atoms with Crippen molar-refractivity contribution in [3.8, 4) is 11.3 Å². The first kappa shape index (κ1) is 18.0. The van der Waals surface area contributed by atoms with E-state index in [1.807, 2.05) is 24.3 Å². The van der Waals surface area contributed by atoms with Gasteiger partial charge in [-0.15, -0.1) is 0 Å². The number of pyridine rings is 1. The maximum atomic E-state index is 11.7. The van der Waals surface area contributed by atoms with Crippen LogP contribution in [0.3, 0.4) is 0 Å². The number of para-hydroxylation sites is 1. The number of rotatable bonds is 4. The fourth-order valence-corrected chi connectivity index (χ4v) is 3.69. The highest BCUT2D eigenvalue weighted by molar-refractivity contribution is 7.92. The maximum Gasteiger partial charge on any atom is 0.354 e. The van der Waals surface area contributed by atoms with E-state index in [4.69, 9.17) is 0 Å². The van der Waals surface area contributed by atoms with Gasteiger partial charge < -0.3 is 10.1 Å². The van der Waals surface area contributed by atoms with E-state index >= 15 is 0 Å². The first-order valence-electron chi connectivity index (χ1n) is 8.45. The summed E-state index contributed by atoms with van der Waals surface area (Å²) in [5.74, 6) is -1.11. The minimum absolute atomic E-state index is 0.0513. The lowest BCUT2D eigenvalue weighted by Gasteiger charge is -2.16. The fraction of sp³-hybridized carbons (Fsp3) is 0.100. The van der Waals surface area contributed by atoms with E-state index in [1.54, 1.807) is 30.3 Å². The van der Waals surface area contributed by atoms with Gasteiger partial charge in [0.05, 0.1) is 23.2 Å². The highest BCUT2D eigenvalue weighted by Crippen LogP contribution is 2.33. The Morgan fingerprint density at radius 2 is 1.75 bits per heavy atom. The van der Waals surface area contributed by atoms with Gasteiger partial charge in [0, 0.05) is 28.9 Å². The predicted octanol–water partition coefficient (Wildman–Crippen LogP) is 3.48. The molecule has 4 rings (SSSR count). The summed E-state index contributed by atoms with van der Waals surface area (Å²) in [7, 11) is -1.89. The normalized spacial score (nSPS) is 11.8. The SMILES string of the molecule is CN(c1ccc(-c2nc(C(=O)O)cc3c2[nH]c2ccccc23)cc1)S(C)(=O)=O. The van der Waals surface area contributed by atoms with Crippen LogP contribution in [0.2, 0.25) is 0 Å². The van der Waals surface area contributed by atoms with Crippen LogP contribution in [0.25, 0.3) is 33.1 Å². The van der Waals surface area contributed by atoms with Crippen LogP contribution in [0.5, 0.6) is 0 Å². The Hall–Kier alpha value is -3.39. The molecular weight excluding hydrogens is 378 g/mol. The van der Waals surface area contributed by atoms with E-state index in [-0.39, 0.29) is 5.69 Å². The van der Waals surface area contributed by atoms with Crippen molar-refractivity contribution < 1.29 is 18.3 Å². The lowest BCUT2D eigenvalue weighted by molar-refractivity contribution is 0.0691. The lowest BCUT2D eigenvalue weighted by Crippen LogP contribution is -2.24. The van der Waals surface area contributed by atoms with Gasteiger partial charge in [-0.25, -0.2) is 18.2 Å². The van der Waals surface area contributed by atoms with Crippen molar-refractivity contribution in [2.45, 2.75) is 0 Å². The summed E-state index contributed by atoms with van der Waals surface area (Å²) in [4.78, 5) is 19.2. The van der Waals surface area contributed by atoms with Gasteiger partial charge in [-0.1, -0.05) is 30.3 Å². The molecule has 0 fully saturated rings. The number of benzene rings is 2. The molecule has 7 nitrogen and oxygen atoms in total. The Morgan fingerprint density at radius 1 is 1.07 bits per heavy atom. The first-order chi connectivity index (χ1) is 13.3. The number of aromatic nitrogens is 2. The molecule has 0 aliphatic rings. The van der Waals surface area contributed by atoms with E-state index in [0.29, 0.717) is 16.9 Å². The van der Waals surface area contributed by atoms with Gasteiger partial charge in [-0.05, 0) is 24.3 Å². The molecule has 142 valence electrons. The zero-order chi connectivity index (χ0) is 20.1. The molecule has 2 heterocycles. The second-order valence-electron chi connectivity index (χ2n) is 6.53. The lowest BCUT2D eigenvalue weighted by atomic mass is 10.1. The third kappa shape index (κ3) is 2.97. The summed E-state index contributed by atoms with van der Waals surface area (Å²) >= 11 is 0. The minimum Gasteiger partial charge on any atom is -0.477 e. The molecule has 0 unspecified atom stereocenters. The number of aromatic carboxylic acids is 1. The molecular formula is C20H17N3O4S. The van der Waals surface area contributed by atoms with Crippen molar-refractivity contribution in [3.05, 3.63) is 60.3 Å². The number of hydrogen-bond acceptors (Lipinski definition) is 4. The highest BCUT2D eigenvalue weighted by atomic mass is 32.2. The van der Waals surface area contributed by atoms with Crippen LogP contribution >= 0.6 is 0 Å². The summed E-state index contributed by atoms with van der Waals surface area (Å²) in [5.41, 5.74) is 3.26.